The van der Waals surface area contributed by atoms with Gasteiger partial charge in [0.1, 0.15) is 0 Å². The molecule has 9 heavy (non-hydrogen) atoms. The van der Waals surface area contributed by atoms with E-state index in [4.69, 9.17) is 23.2 Å². The average molecular weight is 185 g/mol. The maximum Gasteiger partial charge on any atom is 0.0265 e. The summed E-state index contributed by atoms with van der Waals surface area (Å²) < 4.78 is 0. The van der Waals surface area contributed by atoms with Crippen LogP contribution in [0.1, 0.15) is 0 Å². The largest absolute Gasteiger partial charge is 0.126 e. The molecule has 3 heteroatoms. The van der Waals surface area contributed by atoms with Crippen LogP contribution in [-0.2, 0) is 0 Å². The number of hydrogen-bond acceptors (Lipinski definition) is 0. The minimum absolute atomic E-state index is 0.0586. The molecule has 0 bridgehead atoms. The summed E-state index contributed by atoms with van der Waals surface area (Å²) in [5.74, 6) is 3.45. The Morgan fingerprint density at radius 1 is 1.22 bits per heavy atom. The molecule has 0 aromatic heterocycles. The topological polar surface area (TPSA) is 0 Å². The van der Waals surface area contributed by atoms with Crippen molar-refractivity contribution >= 4 is 31.1 Å². The highest BCUT2D eigenvalue weighted by Gasteiger charge is 1.99. The first kappa shape index (κ1) is 9.75. The van der Waals surface area contributed by atoms with E-state index in [2.05, 4.69) is 6.58 Å². The molecule has 0 heterocycles. The van der Waals surface area contributed by atoms with Crippen LogP contribution in [0, 0.1) is 0 Å². The summed E-state index contributed by atoms with van der Waals surface area (Å²) in [6.45, 7) is 3.71. The lowest BCUT2D eigenvalue weighted by Crippen LogP contribution is -1.89. The molecular weight excluding hydrogens is 174 g/mol. The summed E-state index contributed by atoms with van der Waals surface area (Å²) in [6, 6.07) is 0. The Morgan fingerprint density at radius 3 is 1.89 bits per heavy atom. The standard InChI is InChI=1S/C6H11Cl2P/c1-2-9(5-3-7)6-4-8/h2H,1,3-6H2. The van der Waals surface area contributed by atoms with E-state index in [1.807, 2.05) is 5.82 Å². The predicted octanol–water partition coefficient (Wildman–Crippen LogP) is 3.09. The van der Waals surface area contributed by atoms with Gasteiger partial charge in [-0.2, -0.15) is 0 Å². The summed E-state index contributed by atoms with van der Waals surface area (Å²) in [4.78, 5) is 0. The molecular formula is C6H11Cl2P. The molecule has 0 spiro atoms. The van der Waals surface area contributed by atoms with Gasteiger partial charge >= 0.3 is 0 Å². The molecule has 0 aromatic rings. The van der Waals surface area contributed by atoms with E-state index in [1.165, 1.54) is 0 Å². The van der Waals surface area contributed by atoms with E-state index in [0.717, 1.165) is 24.1 Å². The second kappa shape index (κ2) is 6.86. The quantitative estimate of drug-likeness (QED) is 0.456. The second-order valence-electron chi connectivity index (χ2n) is 1.60. The zero-order chi connectivity index (χ0) is 7.11. The minimum Gasteiger partial charge on any atom is -0.126 e. The highest BCUT2D eigenvalue weighted by atomic mass is 35.5. The van der Waals surface area contributed by atoms with Gasteiger partial charge in [-0.05, 0) is 12.3 Å². The van der Waals surface area contributed by atoms with Gasteiger partial charge in [-0.1, -0.05) is 20.3 Å². The SMILES string of the molecule is C=CP(CCCl)CCCl. The molecule has 0 fully saturated rings. The van der Waals surface area contributed by atoms with Gasteiger partial charge in [-0.15, -0.1) is 23.2 Å². The Kier molecular flexibility index (Phi) is 7.44. The molecule has 0 saturated carbocycles. The second-order valence-corrected chi connectivity index (χ2v) is 4.79. The molecule has 0 atom stereocenters. The van der Waals surface area contributed by atoms with Crippen molar-refractivity contribution in [3.63, 3.8) is 0 Å². The summed E-state index contributed by atoms with van der Waals surface area (Å²) in [5, 5.41) is 0. The monoisotopic (exact) mass is 184 g/mol. The van der Waals surface area contributed by atoms with E-state index in [1.54, 1.807) is 0 Å². The van der Waals surface area contributed by atoms with E-state index in [-0.39, 0.29) is 7.92 Å². The van der Waals surface area contributed by atoms with E-state index in [9.17, 15) is 0 Å². The molecule has 0 rings (SSSR count). The first-order chi connectivity index (χ1) is 4.35. The third-order valence-corrected chi connectivity index (χ3v) is 4.02. The Morgan fingerprint density at radius 2 is 1.67 bits per heavy atom. The summed E-state index contributed by atoms with van der Waals surface area (Å²) in [7, 11) is -0.0586. The van der Waals surface area contributed by atoms with Crippen molar-refractivity contribution in [1.29, 1.82) is 0 Å². The van der Waals surface area contributed by atoms with Gasteiger partial charge in [0.25, 0.3) is 0 Å². The van der Waals surface area contributed by atoms with Crippen LogP contribution >= 0.6 is 31.1 Å². The zero-order valence-electron chi connectivity index (χ0n) is 5.32. The molecule has 0 amide bonds. The number of rotatable bonds is 5. The van der Waals surface area contributed by atoms with Crippen LogP contribution in [0.3, 0.4) is 0 Å². The fourth-order valence-corrected chi connectivity index (χ4v) is 2.84. The molecule has 0 saturated heterocycles. The minimum atomic E-state index is -0.0586. The van der Waals surface area contributed by atoms with Crippen molar-refractivity contribution in [2.24, 2.45) is 0 Å². The average Bonchev–Trinajstić information content (AvgIpc) is 1.88. The Bertz CT molecular complexity index is 69.5. The third kappa shape index (κ3) is 5.21. The molecule has 0 unspecified atom stereocenters. The van der Waals surface area contributed by atoms with Gasteiger partial charge in [0.2, 0.25) is 0 Å². The van der Waals surface area contributed by atoms with Gasteiger partial charge in [0, 0.05) is 11.8 Å². The van der Waals surface area contributed by atoms with E-state index in [0.29, 0.717) is 0 Å². The van der Waals surface area contributed by atoms with Crippen LogP contribution < -0.4 is 0 Å². The molecule has 0 aliphatic heterocycles. The Labute approximate surface area is 68.0 Å². The van der Waals surface area contributed by atoms with E-state index < -0.39 is 0 Å². The maximum absolute atomic E-state index is 5.54. The maximum atomic E-state index is 5.54. The lowest BCUT2D eigenvalue weighted by atomic mass is 10.9. The van der Waals surface area contributed by atoms with E-state index >= 15 is 0 Å². The van der Waals surface area contributed by atoms with Gasteiger partial charge in [0.15, 0.2) is 0 Å². The van der Waals surface area contributed by atoms with Crippen molar-refractivity contribution in [2.45, 2.75) is 0 Å². The molecule has 0 nitrogen and oxygen atoms in total. The Hall–Kier alpha value is 0.750. The molecule has 0 radical (unpaired) electrons. The molecule has 54 valence electrons. The number of hydrogen-bond donors (Lipinski definition) is 0. The normalized spacial score (nSPS) is 10.1. The molecule has 0 aliphatic rings. The van der Waals surface area contributed by atoms with Crippen molar-refractivity contribution < 1.29 is 0 Å². The van der Waals surface area contributed by atoms with Crippen LogP contribution in [0.5, 0.6) is 0 Å². The smallest absolute Gasteiger partial charge is 0.0265 e. The molecule has 0 aromatic carbocycles. The highest BCUT2D eigenvalue weighted by Crippen LogP contribution is 2.35. The lowest BCUT2D eigenvalue weighted by molar-refractivity contribution is 1.43. The first-order valence-electron chi connectivity index (χ1n) is 2.83. The van der Waals surface area contributed by atoms with Crippen LogP contribution in [0.15, 0.2) is 12.4 Å². The highest BCUT2D eigenvalue weighted by molar-refractivity contribution is 7.61. The van der Waals surface area contributed by atoms with Crippen LogP contribution in [0.4, 0.5) is 0 Å². The molecule has 0 aliphatic carbocycles. The van der Waals surface area contributed by atoms with Crippen molar-refractivity contribution in [3.05, 3.63) is 12.4 Å². The van der Waals surface area contributed by atoms with Crippen molar-refractivity contribution in [2.75, 3.05) is 24.1 Å². The molecule has 0 N–H and O–H groups in total. The van der Waals surface area contributed by atoms with Crippen LogP contribution in [0.2, 0.25) is 0 Å². The zero-order valence-corrected chi connectivity index (χ0v) is 7.72. The summed E-state index contributed by atoms with van der Waals surface area (Å²) in [6.07, 6.45) is 2.13. The fourth-order valence-electron chi connectivity index (χ4n) is 0.511. The fraction of sp³-hybridized carbons (Fsp3) is 0.667. The van der Waals surface area contributed by atoms with Crippen molar-refractivity contribution in [1.82, 2.24) is 0 Å². The van der Waals surface area contributed by atoms with Crippen LogP contribution in [0.25, 0.3) is 0 Å². The first-order valence-corrected chi connectivity index (χ1v) is 5.68. The number of halogens is 2. The number of alkyl halides is 2. The van der Waals surface area contributed by atoms with Gasteiger partial charge < -0.3 is 0 Å². The van der Waals surface area contributed by atoms with Crippen molar-refractivity contribution in [3.8, 4) is 0 Å². The summed E-state index contributed by atoms with van der Waals surface area (Å²) >= 11 is 11.1. The van der Waals surface area contributed by atoms with Gasteiger partial charge in [0.05, 0.1) is 0 Å². The summed E-state index contributed by atoms with van der Waals surface area (Å²) in [5.41, 5.74) is 0. The van der Waals surface area contributed by atoms with Gasteiger partial charge in [-0.3, -0.25) is 0 Å². The van der Waals surface area contributed by atoms with Gasteiger partial charge in [-0.25, -0.2) is 0 Å². The Balaban J connectivity index is 3.29. The van der Waals surface area contributed by atoms with Crippen LogP contribution in [-0.4, -0.2) is 24.1 Å². The lowest BCUT2D eigenvalue weighted by Gasteiger charge is -2.07. The predicted molar refractivity (Wildman–Crippen MR) is 48.3 cm³/mol. The third-order valence-electron chi connectivity index (χ3n) is 1.00.